The number of halogens is 2. The molecule has 0 fully saturated rings. The van der Waals surface area contributed by atoms with Crippen LogP contribution < -0.4 is 0 Å². The van der Waals surface area contributed by atoms with E-state index in [4.69, 9.17) is 23.2 Å². The van der Waals surface area contributed by atoms with Crippen LogP contribution in [0.4, 0.5) is 0 Å². The number of hydrogen-bond acceptors (Lipinski definition) is 2. The van der Waals surface area contributed by atoms with Crippen LogP contribution in [0, 0.1) is 6.92 Å². The van der Waals surface area contributed by atoms with Gasteiger partial charge in [0.2, 0.25) is 0 Å². The van der Waals surface area contributed by atoms with Gasteiger partial charge in [-0.25, -0.2) is 9.48 Å². The van der Waals surface area contributed by atoms with Gasteiger partial charge < -0.3 is 5.11 Å². The first kappa shape index (κ1) is 20.4. The second kappa shape index (κ2) is 8.80. The zero-order valence-corrected chi connectivity index (χ0v) is 17.4. The smallest absolute Gasteiger partial charge is 0.356 e. The van der Waals surface area contributed by atoms with Crippen molar-refractivity contribution in [2.24, 2.45) is 0 Å². The van der Waals surface area contributed by atoms with Gasteiger partial charge in [0.25, 0.3) is 0 Å². The molecule has 1 aromatic heterocycles. The topological polar surface area (TPSA) is 55.1 Å². The molecule has 0 radical (unpaired) electrons. The number of benzene rings is 2. The molecule has 4 nitrogen and oxygen atoms in total. The summed E-state index contributed by atoms with van der Waals surface area (Å²) in [7, 11) is 0. The zero-order chi connectivity index (χ0) is 20.3. The third kappa shape index (κ3) is 4.23. The van der Waals surface area contributed by atoms with Crippen molar-refractivity contribution in [3.8, 4) is 16.9 Å². The average Bonchev–Trinajstić information content (AvgIpc) is 3.00. The maximum absolute atomic E-state index is 11.7. The molecule has 146 valence electrons. The Morgan fingerprint density at radius 1 is 1.11 bits per heavy atom. The van der Waals surface area contributed by atoms with Crippen molar-refractivity contribution < 1.29 is 9.90 Å². The summed E-state index contributed by atoms with van der Waals surface area (Å²) in [6, 6.07) is 13.3. The normalized spacial score (nSPS) is 11.0. The van der Waals surface area contributed by atoms with E-state index in [1.807, 2.05) is 12.1 Å². The summed E-state index contributed by atoms with van der Waals surface area (Å²) in [5, 5.41) is 14.8. The van der Waals surface area contributed by atoms with E-state index in [1.54, 1.807) is 29.8 Å². The van der Waals surface area contributed by atoms with E-state index in [1.165, 1.54) is 18.4 Å². The second-order valence-electron chi connectivity index (χ2n) is 6.79. The molecule has 0 aliphatic carbocycles. The lowest BCUT2D eigenvalue weighted by atomic mass is 10.0. The van der Waals surface area contributed by atoms with Crippen molar-refractivity contribution in [2.75, 3.05) is 0 Å². The molecule has 1 heterocycles. The molecular formula is C22H22Cl2N2O2. The quantitative estimate of drug-likeness (QED) is 0.442. The summed E-state index contributed by atoms with van der Waals surface area (Å²) in [4.78, 5) is 11.7. The summed E-state index contributed by atoms with van der Waals surface area (Å²) >= 11 is 12.4. The van der Waals surface area contributed by atoms with Crippen molar-refractivity contribution in [1.82, 2.24) is 9.78 Å². The molecule has 0 saturated carbocycles. The number of carboxylic acids is 1. The minimum Gasteiger partial charge on any atom is -0.476 e. The number of unbranched alkanes of at least 4 members (excludes halogenated alkanes) is 2. The number of aromatic nitrogens is 2. The van der Waals surface area contributed by atoms with E-state index in [9.17, 15) is 9.90 Å². The molecule has 6 heteroatoms. The molecule has 3 aromatic rings. The lowest BCUT2D eigenvalue weighted by molar-refractivity contribution is 0.0689. The highest BCUT2D eigenvalue weighted by molar-refractivity contribution is 6.35. The molecule has 0 spiro atoms. The molecule has 0 amide bonds. The molecule has 0 unspecified atom stereocenters. The van der Waals surface area contributed by atoms with Crippen LogP contribution in [-0.2, 0) is 6.42 Å². The predicted molar refractivity (Wildman–Crippen MR) is 114 cm³/mol. The number of aryl methyl sites for hydroxylation is 1. The largest absolute Gasteiger partial charge is 0.476 e. The maximum Gasteiger partial charge on any atom is 0.356 e. The minimum absolute atomic E-state index is 0.00744. The summed E-state index contributed by atoms with van der Waals surface area (Å²) in [6.45, 7) is 3.95. The summed E-state index contributed by atoms with van der Waals surface area (Å²) < 4.78 is 1.59. The van der Waals surface area contributed by atoms with Gasteiger partial charge >= 0.3 is 5.97 Å². The van der Waals surface area contributed by atoms with Crippen molar-refractivity contribution in [2.45, 2.75) is 39.5 Å². The minimum atomic E-state index is -1.07. The van der Waals surface area contributed by atoms with Crippen LogP contribution in [0.3, 0.4) is 0 Å². The Balaban J connectivity index is 2.08. The highest BCUT2D eigenvalue weighted by Crippen LogP contribution is 2.33. The van der Waals surface area contributed by atoms with Crippen LogP contribution in [0.25, 0.3) is 16.9 Å². The van der Waals surface area contributed by atoms with Gasteiger partial charge in [-0.2, -0.15) is 5.10 Å². The fraction of sp³-hybridized carbons (Fsp3) is 0.273. The van der Waals surface area contributed by atoms with Crippen molar-refractivity contribution in [3.05, 3.63) is 69.3 Å². The van der Waals surface area contributed by atoms with Crippen LogP contribution in [0.15, 0.2) is 42.5 Å². The number of aromatic carboxylic acids is 1. The molecule has 1 N–H and O–H groups in total. The van der Waals surface area contributed by atoms with Gasteiger partial charge in [-0.1, -0.05) is 67.2 Å². The molecular weight excluding hydrogens is 395 g/mol. The standard InChI is InChI=1S/C22H22Cl2N2O2/c1-3-4-5-6-15-7-9-16(10-8-15)21-14(2)20(22(27)28)25-26(21)19-12-11-17(23)13-18(19)24/h7-13H,3-6H2,1-2H3,(H,27,28). The molecule has 0 aliphatic rings. The number of carboxylic acid groups (broad SMARTS) is 1. The van der Waals surface area contributed by atoms with E-state index < -0.39 is 5.97 Å². The van der Waals surface area contributed by atoms with Gasteiger partial charge in [0.05, 0.1) is 16.4 Å². The Morgan fingerprint density at radius 3 is 2.43 bits per heavy atom. The molecule has 0 atom stereocenters. The van der Waals surface area contributed by atoms with Crippen molar-refractivity contribution >= 4 is 29.2 Å². The van der Waals surface area contributed by atoms with Crippen LogP contribution in [0.5, 0.6) is 0 Å². The van der Waals surface area contributed by atoms with Crippen LogP contribution >= 0.6 is 23.2 Å². The molecule has 0 saturated heterocycles. The Kier molecular flexibility index (Phi) is 6.42. The monoisotopic (exact) mass is 416 g/mol. The van der Waals surface area contributed by atoms with Gasteiger partial charge in [-0.05, 0) is 43.5 Å². The Labute approximate surface area is 174 Å². The summed E-state index contributed by atoms with van der Waals surface area (Å²) in [5.41, 5.74) is 4.06. The third-order valence-corrected chi connectivity index (χ3v) is 5.30. The molecule has 3 rings (SSSR count). The Hall–Kier alpha value is -2.30. The van der Waals surface area contributed by atoms with Crippen LogP contribution in [0.1, 0.15) is 47.8 Å². The van der Waals surface area contributed by atoms with Gasteiger partial charge in [-0.3, -0.25) is 0 Å². The highest BCUT2D eigenvalue weighted by atomic mass is 35.5. The molecule has 0 aliphatic heterocycles. The highest BCUT2D eigenvalue weighted by Gasteiger charge is 2.22. The first-order chi connectivity index (χ1) is 13.4. The number of carbonyl (C=O) groups is 1. The van der Waals surface area contributed by atoms with Gasteiger partial charge in [0, 0.05) is 16.1 Å². The van der Waals surface area contributed by atoms with E-state index in [2.05, 4.69) is 24.2 Å². The number of nitrogens with zero attached hydrogens (tertiary/aromatic N) is 2. The van der Waals surface area contributed by atoms with E-state index in [0.29, 0.717) is 27.0 Å². The lowest BCUT2D eigenvalue weighted by Gasteiger charge is -2.11. The first-order valence-electron chi connectivity index (χ1n) is 9.30. The zero-order valence-electron chi connectivity index (χ0n) is 15.9. The first-order valence-corrected chi connectivity index (χ1v) is 10.1. The fourth-order valence-corrected chi connectivity index (χ4v) is 3.76. The van der Waals surface area contributed by atoms with Crippen LogP contribution in [-0.4, -0.2) is 20.9 Å². The van der Waals surface area contributed by atoms with Gasteiger partial charge in [0.15, 0.2) is 5.69 Å². The van der Waals surface area contributed by atoms with Crippen molar-refractivity contribution in [1.29, 1.82) is 0 Å². The average molecular weight is 417 g/mol. The SMILES string of the molecule is CCCCCc1ccc(-c2c(C)c(C(=O)O)nn2-c2ccc(Cl)cc2Cl)cc1. The third-order valence-electron chi connectivity index (χ3n) is 4.76. The number of rotatable bonds is 7. The van der Waals surface area contributed by atoms with Gasteiger partial charge in [-0.15, -0.1) is 0 Å². The van der Waals surface area contributed by atoms with Crippen molar-refractivity contribution in [3.63, 3.8) is 0 Å². The fourth-order valence-electron chi connectivity index (χ4n) is 3.27. The maximum atomic E-state index is 11.7. The second-order valence-corrected chi connectivity index (χ2v) is 7.63. The predicted octanol–water partition coefficient (Wildman–Crippen LogP) is 6.59. The number of hydrogen-bond donors (Lipinski definition) is 1. The van der Waals surface area contributed by atoms with Gasteiger partial charge in [0.1, 0.15) is 0 Å². The molecule has 28 heavy (non-hydrogen) atoms. The Morgan fingerprint density at radius 2 is 1.82 bits per heavy atom. The van der Waals surface area contributed by atoms with E-state index in [0.717, 1.165) is 18.4 Å². The summed E-state index contributed by atoms with van der Waals surface area (Å²) in [6.07, 6.45) is 4.60. The Bertz CT molecular complexity index is 995. The van der Waals surface area contributed by atoms with E-state index in [-0.39, 0.29) is 5.69 Å². The molecule has 2 aromatic carbocycles. The van der Waals surface area contributed by atoms with Crippen LogP contribution in [0.2, 0.25) is 10.0 Å². The lowest BCUT2D eigenvalue weighted by Crippen LogP contribution is -2.03. The summed E-state index contributed by atoms with van der Waals surface area (Å²) in [5.74, 6) is -1.07. The molecule has 0 bridgehead atoms. The van der Waals surface area contributed by atoms with E-state index >= 15 is 0 Å².